The number of hydrogen-bond donors (Lipinski definition) is 0. The molecule has 0 saturated carbocycles. The molecule has 1 atom stereocenters. The summed E-state index contributed by atoms with van der Waals surface area (Å²) in [7, 11) is 0. The molecular weight excluding hydrogens is 572 g/mol. The van der Waals surface area contributed by atoms with Gasteiger partial charge in [-0.15, -0.1) is 0 Å². The smallest absolute Gasteiger partial charge is 0.343 e. The molecule has 0 aromatic heterocycles. The van der Waals surface area contributed by atoms with Gasteiger partial charge in [-0.2, -0.15) is 0 Å². The van der Waals surface area contributed by atoms with Gasteiger partial charge in [0, 0.05) is 0 Å². The van der Waals surface area contributed by atoms with Gasteiger partial charge in [0.15, 0.2) is 0 Å². The normalized spacial score (nSPS) is 11.6. The maximum Gasteiger partial charge on any atom is 0.343 e. The Labute approximate surface area is 278 Å². The van der Waals surface area contributed by atoms with E-state index in [9.17, 15) is 9.59 Å². The SMILES string of the molecule is CCCCCCCCCCCOc1ccc(CCc2ccc(C(=O)Oc3ccc(C(=O)O[C@H](C)CCCCCC)cc3)cc2)cc1. The van der Waals surface area contributed by atoms with Crippen LogP contribution in [0.25, 0.3) is 0 Å². The first-order valence-electron chi connectivity index (χ1n) is 17.8. The first-order chi connectivity index (χ1) is 22.5. The monoisotopic (exact) mass is 628 g/mol. The van der Waals surface area contributed by atoms with Gasteiger partial charge in [-0.3, -0.25) is 0 Å². The highest BCUT2D eigenvalue weighted by atomic mass is 16.5. The van der Waals surface area contributed by atoms with E-state index in [1.54, 1.807) is 36.4 Å². The fourth-order valence-electron chi connectivity index (χ4n) is 5.44. The van der Waals surface area contributed by atoms with Crippen LogP contribution in [-0.2, 0) is 17.6 Å². The molecule has 0 aliphatic heterocycles. The molecule has 46 heavy (non-hydrogen) atoms. The van der Waals surface area contributed by atoms with Crippen molar-refractivity contribution in [2.24, 2.45) is 0 Å². The van der Waals surface area contributed by atoms with Gasteiger partial charge < -0.3 is 14.2 Å². The Balaban J connectivity index is 1.33. The van der Waals surface area contributed by atoms with Crippen LogP contribution in [0.5, 0.6) is 11.5 Å². The van der Waals surface area contributed by atoms with Gasteiger partial charge in [0.25, 0.3) is 0 Å². The van der Waals surface area contributed by atoms with Crippen molar-refractivity contribution in [3.05, 3.63) is 95.1 Å². The Hall–Kier alpha value is -3.60. The molecule has 3 rings (SSSR count). The third kappa shape index (κ3) is 14.7. The maximum atomic E-state index is 12.7. The van der Waals surface area contributed by atoms with E-state index in [1.165, 1.54) is 69.8 Å². The average molecular weight is 629 g/mol. The first kappa shape index (κ1) is 36.9. The van der Waals surface area contributed by atoms with Gasteiger partial charge in [0.2, 0.25) is 0 Å². The highest BCUT2D eigenvalue weighted by molar-refractivity contribution is 5.92. The standard InChI is InChI=1S/C41H56O5/c1-4-6-8-10-11-12-13-14-16-32-44-38-28-22-35(23-29-38)19-18-34-20-24-36(25-21-34)41(43)46-39-30-26-37(27-31-39)40(42)45-33(3)17-15-9-7-5-2/h20-31,33H,4-19,32H2,1-3H3/t33-/m1/s1. The average Bonchev–Trinajstić information content (AvgIpc) is 3.07. The predicted octanol–water partition coefficient (Wildman–Crippen LogP) is 11.1. The number of ether oxygens (including phenoxy) is 3. The molecule has 0 fully saturated rings. The summed E-state index contributed by atoms with van der Waals surface area (Å²) in [6.07, 6.45) is 19.0. The van der Waals surface area contributed by atoms with Crippen LogP contribution in [0.1, 0.15) is 143 Å². The largest absolute Gasteiger partial charge is 0.494 e. The van der Waals surface area contributed by atoms with E-state index in [4.69, 9.17) is 14.2 Å². The van der Waals surface area contributed by atoms with E-state index >= 15 is 0 Å². The topological polar surface area (TPSA) is 61.8 Å². The molecule has 0 saturated heterocycles. The number of hydrogen-bond acceptors (Lipinski definition) is 5. The number of unbranched alkanes of at least 4 members (excludes halogenated alkanes) is 11. The predicted molar refractivity (Wildman–Crippen MR) is 188 cm³/mol. The van der Waals surface area contributed by atoms with Crippen molar-refractivity contribution in [2.75, 3.05) is 6.61 Å². The van der Waals surface area contributed by atoms with Gasteiger partial charge in [0.05, 0.1) is 23.8 Å². The molecule has 0 aliphatic carbocycles. The van der Waals surface area contributed by atoms with Gasteiger partial charge in [0.1, 0.15) is 11.5 Å². The highest BCUT2D eigenvalue weighted by Crippen LogP contribution is 2.19. The van der Waals surface area contributed by atoms with Gasteiger partial charge in [-0.25, -0.2) is 9.59 Å². The van der Waals surface area contributed by atoms with Crippen molar-refractivity contribution in [2.45, 2.75) is 130 Å². The second-order valence-electron chi connectivity index (χ2n) is 12.5. The summed E-state index contributed by atoms with van der Waals surface area (Å²) in [5.41, 5.74) is 3.34. The lowest BCUT2D eigenvalue weighted by molar-refractivity contribution is 0.0319. The zero-order chi connectivity index (χ0) is 32.8. The van der Waals surface area contributed by atoms with Crippen LogP contribution in [0.2, 0.25) is 0 Å². The lowest BCUT2D eigenvalue weighted by atomic mass is 10.0. The molecule has 250 valence electrons. The van der Waals surface area contributed by atoms with Crippen LogP contribution in [0.3, 0.4) is 0 Å². The van der Waals surface area contributed by atoms with Gasteiger partial charge in [-0.1, -0.05) is 109 Å². The number of carbonyl (C=O) groups is 2. The van der Waals surface area contributed by atoms with E-state index in [0.29, 0.717) is 16.9 Å². The zero-order valence-electron chi connectivity index (χ0n) is 28.6. The molecular formula is C41H56O5. The molecule has 0 heterocycles. The Bertz CT molecular complexity index is 1250. The van der Waals surface area contributed by atoms with Crippen LogP contribution >= 0.6 is 0 Å². The number of aryl methyl sites for hydroxylation is 2. The Kier molecular flexibility index (Phi) is 17.6. The highest BCUT2D eigenvalue weighted by Gasteiger charge is 2.14. The Morgan fingerprint density at radius 3 is 1.59 bits per heavy atom. The molecule has 0 spiro atoms. The van der Waals surface area contributed by atoms with Crippen molar-refractivity contribution >= 4 is 11.9 Å². The van der Waals surface area contributed by atoms with E-state index in [1.807, 2.05) is 19.1 Å². The second-order valence-corrected chi connectivity index (χ2v) is 12.5. The minimum atomic E-state index is -0.430. The number of carbonyl (C=O) groups excluding carboxylic acids is 2. The van der Waals surface area contributed by atoms with E-state index in [0.717, 1.165) is 56.4 Å². The van der Waals surface area contributed by atoms with Crippen LogP contribution in [-0.4, -0.2) is 24.6 Å². The summed E-state index contributed by atoms with van der Waals surface area (Å²) in [4.78, 5) is 25.2. The molecule has 0 bridgehead atoms. The summed E-state index contributed by atoms with van der Waals surface area (Å²) in [6, 6.07) is 22.5. The van der Waals surface area contributed by atoms with Crippen LogP contribution in [0.4, 0.5) is 0 Å². The van der Waals surface area contributed by atoms with Crippen LogP contribution < -0.4 is 9.47 Å². The quantitative estimate of drug-likeness (QED) is 0.0594. The lowest BCUT2D eigenvalue weighted by Gasteiger charge is -2.13. The molecule has 3 aromatic rings. The minimum absolute atomic E-state index is 0.121. The number of esters is 2. The van der Waals surface area contributed by atoms with E-state index < -0.39 is 5.97 Å². The summed E-state index contributed by atoms with van der Waals surface area (Å²) in [6.45, 7) is 7.15. The minimum Gasteiger partial charge on any atom is -0.494 e. The molecule has 0 aliphatic rings. The first-order valence-corrected chi connectivity index (χ1v) is 17.8. The molecule has 5 nitrogen and oxygen atoms in total. The molecule has 5 heteroatoms. The molecule has 3 aromatic carbocycles. The van der Waals surface area contributed by atoms with Gasteiger partial charge >= 0.3 is 11.9 Å². The number of rotatable bonds is 23. The molecule has 0 unspecified atom stereocenters. The molecule has 0 amide bonds. The van der Waals surface area contributed by atoms with Crippen molar-refractivity contribution < 1.29 is 23.8 Å². The van der Waals surface area contributed by atoms with Crippen LogP contribution in [0, 0.1) is 0 Å². The lowest BCUT2D eigenvalue weighted by Crippen LogP contribution is -2.15. The Morgan fingerprint density at radius 2 is 1.00 bits per heavy atom. The molecule has 0 radical (unpaired) electrons. The van der Waals surface area contributed by atoms with Crippen molar-refractivity contribution in [1.82, 2.24) is 0 Å². The summed E-state index contributed by atoms with van der Waals surface area (Å²) in [5, 5.41) is 0. The third-order valence-corrected chi connectivity index (χ3v) is 8.40. The zero-order valence-corrected chi connectivity index (χ0v) is 28.6. The van der Waals surface area contributed by atoms with Crippen molar-refractivity contribution in [3.8, 4) is 11.5 Å². The van der Waals surface area contributed by atoms with E-state index in [2.05, 4.69) is 38.1 Å². The van der Waals surface area contributed by atoms with Crippen molar-refractivity contribution in [1.29, 1.82) is 0 Å². The summed E-state index contributed by atoms with van der Waals surface area (Å²) in [5.74, 6) is 0.535. The van der Waals surface area contributed by atoms with Crippen LogP contribution in [0.15, 0.2) is 72.8 Å². The van der Waals surface area contributed by atoms with E-state index in [-0.39, 0.29) is 12.1 Å². The fraction of sp³-hybridized carbons (Fsp3) is 0.512. The van der Waals surface area contributed by atoms with Crippen molar-refractivity contribution in [3.63, 3.8) is 0 Å². The fourth-order valence-corrected chi connectivity index (χ4v) is 5.44. The number of benzene rings is 3. The Morgan fingerprint density at radius 1 is 0.543 bits per heavy atom. The summed E-state index contributed by atoms with van der Waals surface area (Å²) >= 11 is 0. The third-order valence-electron chi connectivity index (χ3n) is 8.40. The summed E-state index contributed by atoms with van der Waals surface area (Å²) < 4.78 is 17.0. The van der Waals surface area contributed by atoms with Gasteiger partial charge in [-0.05, 0) is 98.7 Å². The molecule has 0 N–H and O–H groups in total. The maximum absolute atomic E-state index is 12.7. The second kappa shape index (κ2) is 22.0.